The molecule has 0 atom stereocenters. The van der Waals surface area contributed by atoms with Gasteiger partial charge in [-0.05, 0) is 31.4 Å². The highest BCUT2D eigenvalue weighted by Crippen LogP contribution is 2.50. The Morgan fingerprint density at radius 3 is 2.81 bits per heavy atom. The first-order chi connectivity index (χ1) is 7.68. The third kappa shape index (κ3) is 1.15. The van der Waals surface area contributed by atoms with E-state index in [2.05, 4.69) is 4.98 Å². The van der Waals surface area contributed by atoms with Crippen LogP contribution in [0, 0.1) is 12.7 Å². The summed E-state index contributed by atoms with van der Waals surface area (Å²) < 4.78 is 13.6. The number of hydrogen-bond donors (Lipinski definition) is 2. The van der Waals surface area contributed by atoms with Gasteiger partial charge in [0.2, 0.25) is 0 Å². The summed E-state index contributed by atoms with van der Waals surface area (Å²) in [7, 11) is 0. The number of H-pyrrole nitrogens is 1. The van der Waals surface area contributed by atoms with Crippen LogP contribution in [0.25, 0.3) is 10.9 Å². The van der Waals surface area contributed by atoms with Gasteiger partial charge in [0.25, 0.3) is 0 Å². The van der Waals surface area contributed by atoms with Gasteiger partial charge in [0.05, 0.1) is 5.52 Å². The standard InChI is InChI=1S/C13H15FN2/c1-8-11(13(7-15)5-6-13)9-3-2-4-10(14)12(9)16-8/h2-4,16H,5-7,15H2,1H3. The van der Waals surface area contributed by atoms with Crippen molar-refractivity contribution in [1.82, 2.24) is 4.98 Å². The van der Waals surface area contributed by atoms with Crippen LogP contribution < -0.4 is 5.73 Å². The fourth-order valence-electron chi connectivity index (χ4n) is 2.70. The summed E-state index contributed by atoms with van der Waals surface area (Å²) in [5, 5.41) is 1.00. The van der Waals surface area contributed by atoms with E-state index in [4.69, 9.17) is 5.73 Å². The van der Waals surface area contributed by atoms with E-state index in [0.717, 1.165) is 23.9 Å². The molecule has 16 heavy (non-hydrogen) atoms. The monoisotopic (exact) mass is 218 g/mol. The zero-order valence-electron chi connectivity index (χ0n) is 9.31. The van der Waals surface area contributed by atoms with E-state index < -0.39 is 0 Å². The number of rotatable bonds is 2. The normalized spacial score (nSPS) is 17.9. The van der Waals surface area contributed by atoms with Crippen LogP contribution in [0.2, 0.25) is 0 Å². The zero-order chi connectivity index (χ0) is 11.3. The van der Waals surface area contributed by atoms with E-state index in [0.29, 0.717) is 12.1 Å². The van der Waals surface area contributed by atoms with Crippen LogP contribution in [0.15, 0.2) is 18.2 Å². The van der Waals surface area contributed by atoms with Gasteiger partial charge in [-0.25, -0.2) is 4.39 Å². The molecule has 0 saturated heterocycles. The number of nitrogens with two attached hydrogens (primary N) is 1. The van der Waals surface area contributed by atoms with Crippen molar-refractivity contribution in [3.8, 4) is 0 Å². The second kappa shape index (κ2) is 3.08. The Bertz CT molecular complexity index is 552. The van der Waals surface area contributed by atoms with E-state index in [1.165, 1.54) is 11.6 Å². The molecule has 1 aliphatic carbocycles. The fraction of sp³-hybridized carbons (Fsp3) is 0.385. The summed E-state index contributed by atoms with van der Waals surface area (Å²) in [6, 6.07) is 5.23. The molecule has 3 rings (SSSR count). The molecule has 0 unspecified atom stereocenters. The zero-order valence-corrected chi connectivity index (χ0v) is 9.31. The molecule has 2 nitrogen and oxygen atoms in total. The minimum atomic E-state index is -0.181. The lowest BCUT2D eigenvalue weighted by Gasteiger charge is -2.12. The number of halogens is 1. The topological polar surface area (TPSA) is 41.8 Å². The summed E-state index contributed by atoms with van der Waals surface area (Å²) in [5.74, 6) is -0.181. The molecule has 0 radical (unpaired) electrons. The van der Waals surface area contributed by atoms with Gasteiger partial charge in [0, 0.05) is 23.0 Å². The maximum Gasteiger partial charge on any atom is 0.147 e. The molecule has 3 heteroatoms. The smallest absolute Gasteiger partial charge is 0.147 e. The Kier molecular flexibility index (Phi) is 1.89. The van der Waals surface area contributed by atoms with Crippen molar-refractivity contribution in [2.45, 2.75) is 25.2 Å². The van der Waals surface area contributed by atoms with Crippen LogP contribution in [0.5, 0.6) is 0 Å². The second-order valence-corrected chi connectivity index (χ2v) is 4.77. The number of benzene rings is 1. The molecule has 2 aromatic rings. The number of para-hydroxylation sites is 1. The van der Waals surface area contributed by atoms with Gasteiger partial charge >= 0.3 is 0 Å². The predicted molar refractivity (Wildman–Crippen MR) is 63.0 cm³/mol. The van der Waals surface area contributed by atoms with Gasteiger partial charge in [-0.3, -0.25) is 0 Å². The van der Waals surface area contributed by atoms with E-state index >= 15 is 0 Å². The van der Waals surface area contributed by atoms with Gasteiger partial charge in [-0.1, -0.05) is 12.1 Å². The van der Waals surface area contributed by atoms with Gasteiger partial charge in [0.15, 0.2) is 0 Å². The highest BCUT2D eigenvalue weighted by Gasteiger charge is 2.45. The average Bonchev–Trinajstić information content (AvgIpc) is 2.97. The van der Waals surface area contributed by atoms with E-state index in [9.17, 15) is 4.39 Å². The maximum atomic E-state index is 13.6. The first-order valence-corrected chi connectivity index (χ1v) is 5.65. The minimum absolute atomic E-state index is 0.107. The van der Waals surface area contributed by atoms with Crippen LogP contribution in [-0.4, -0.2) is 11.5 Å². The van der Waals surface area contributed by atoms with Crippen LogP contribution in [0.1, 0.15) is 24.1 Å². The minimum Gasteiger partial charge on any atom is -0.356 e. The van der Waals surface area contributed by atoms with Crippen molar-refractivity contribution in [3.05, 3.63) is 35.3 Å². The number of aromatic amines is 1. The molecule has 3 N–H and O–H groups in total. The molecule has 84 valence electrons. The summed E-state index contributed by atoms with van der Waals surface area (Å²) in [6.45, 7) is 2.65. The molecule has 0 aliphatic heterocycles. The van der Waals surface area contributed by atoms with Crippen LogP contribution >= 0.6 is 0 Å². The molecule has 0 spiro atoms. The molecule has 1 heterocycles. The van der Waals surface area contributed by atoms with Crippen molar-refractivity contribution in [3.63, 3.8) is 0 Å². The first kappa shape index (κ1) is 9.85. The van der Waals surface area contributed by atoms with E-state index in [1.807, 2.05) is 13.0 Å². The maximum absolute atomic E-state index is 13.6. The number of fused-ring (bicyclic) bond motifs is 1. The van der Waals surface area contributed by atoms with Gasteiger partial charge in [0.1, 0.15) is 5.82 Å². The molecule has 1 aliphatic rings. The fourth-order valence-corrected chi connectivity index (χ4v) is 2.70. The van der Waals surface area contributed by atoms with Crippen LogP contribution in [0.4, 0.5) is 4.39 Å². The van der Waals surface area contributed by atoms with Crippen LogP contribution in [-0.2, 0) is 5.41 Å². The Morgan fingerprint density at radius 2 is 2.19 bits per heavy atom. The van der Waals surface area contributed by atoms with Crippen molar-refractivity contribution in [2.75, 3.05) is 6.54 Å². The van der Waals surface area contributed by atoms with Crippen molar-refractivity contribution >= 4 is 10.9 Å². The summed E-state index contributed by atoms with van der Waals surface area (Å²) in [4.78, 5) is 3.15. The van der Waals surface area contributed by atoms with Crippen LogP contribution in [0.3, 0.4) is 0 Å². The Hall–Kier alpha value is -1.35. The lowest BCUT2D eigenvalue weighted by atomic mass is 9.93. The number of aromatic nitrogens is 1. The van der Waals surface area contributed by atoms with E-state index in [1.54, 1.807) is 6.07 Å². The summed E-state index contributed by atoms with van der Waals surface area (Å²) >= 11 is 0. The van der Waals surface area contributed by atoms with E-state index in [-0.39, 0.29) is 11.2 Å². The van der Waals surface area contributed by atoms with Gasteiger partial charge in [-0.2, -0.15) is 0 Å². The Labute approximate surface area is 93.6 Å². The Morgan fingerprint density at radius 1 is 1.44 bits per heavy atom. The Balaban J connectivity index is 2.32. The molecule has 1 saturated carbocycles. The van der Waals surface area contributed by atoms with Gasteiger partial charge in [-0.15, -0.1) is 0 Å². The van der Waals surface area contributed by atoms with Crippen molar-refractivity contribution in [1.29, 1.82) is 0 Å². The largest absolute Gasteiger partial charge is 0.356 e. The molecular weight excluding hydrogens is 203 g/mol. The van der Waals surface area contributed by atoms with Gasteiger partial charge < -0.3 is 10.7 Å². The van der Waals surface area contributed by atoms with Crippen molar-refractivity contribution in [2.24, 2.45) is 5.73 Å². The first-order valence-electron chi connectivity index (χ1n) is 5.65. The second-order valence-electron chi connectivity index (χ2n) is 4.77. The SMILES string of the molecule is Cc1[nH]c2c(F)cccc2c1C1(CN)CC1. The highest BCUT2D eigenvalue weighted by molar-refractivity contribution is 5.86. The lowest BCUT2D eigenvalue weighted by molar-refractivity contribution is 0.637. The molecule has 0 bridgehead atoms. The number of nitrogens with one attached hydrogen (secondary N) is 1. The average molecular weight is 218 g/mol. The quantitative estimate of drug-likeness (QED) is 0.799. The molecular formula is C13H15FN2. The van der Waals surface area contributed by atoms with Crippen molar-refractivity contribution < 1.29 is 4.39 Å². The number of aryl methyl sites for hydroxylation is 1. The number of hydrogen-bond acceptors (Lipinski definition) is 1. The molecule has 1 aromatic heterocycles. The summed E-state index contributed by atoms with van der Waals surface area (Å²) in [5.41, 5.74) is 8.86. The lowest BCUT2D eigenvalue weighted by Crippen LogP contribution is -2.20. The molecule has 1 fully saturated rings. The third-order valence-corrected chi connectivity index (χ3v) is 3.75. The highest BCUT2D eigenvalue weighted by atomic mass is 19.1. The molecule has 0 amide bonds. The molecule has 1 aromatic carbocycles. The summed E-state index contributed by atoms with van der Waals surface area (Å²) in [6.07, 6.45) is 2.24. The predicted octanol–water partition coefficient (Wildman–Crippen LogP) is 2.61. The third-order valence-electron chi connectivity index (χ3n) is 3.75.